The second-order valence-electron chi connectivity index (χ2n) is 7.60. The molecular formula is C21H24N6O3. The lowest BCUT2D eigenvalue weighted by Crippen LogP contribution is -2.46. The number of aromatic amines is 1. The number of nitrogens with zero attached hydrogens (tertiary/aromatic N) is 3. The third-order valence-corrected chi connectivity index (χ3v) is 5.52. The van der Waals surface area contributed by atoms with Gasteiger partial charge in [-0.3, -0.25) is 14.7 Å². The van der Waals surface area contributed by atoms with E-state index in [2.05, 4.69) is 27.4 Å². The molecule has 0 radical (unpaired) electrons. The van der Waals surface area contributed by atoms with Crippen molar-refractivity contribution in [3.05, 3.63) is 42.2 Å². The molecule has 0 spiro atoms. The van der Waals surface area contributed by atoms with Gasteiger partial charge in [-0.25, -0.2) is 4.98 Å². The number of nitrogens with two attached hydrogens (primary N) is 1. The molecule has 2 atom stereocenters. The van der Waals surface area contributed by atoms with Gasteiger partial charge in [0.1, 0.15) is 11.6 Å². The van der Waals surface area contributed by atoms with Crippen LogP contribution in [0.3, 0.4) is 0 Å². The Bertz CT molecular complexity index is 1100. The van der Waals surface area contributed by atoms with Crippen molar-refractivity contribution in [3.63, 3.8) is 0 Å². The second-order valence-corrected chi connectivity index (χ2v) is 7.60. The summed E-state index contributed by atoms with van der Waals surface area (Å²) >= 11 is 0. The molecule has 1 aliphatic heterocycles. The van der Waals surface area contributed by atoms with Crippen LogP contribution in [0.5, 0.6) is 5.75 Å². The first-order valence-electron chi connectivity index (χ1n) is 9.81. The highest BCUT2D eigenvalue weighted by atomic mass is 16.5. The SMILES string of the molecule is COc1cccc([C@H]2CC[C@H](C)CN2C(=O)C(=O)Nc2cnc(N)c3cn[nH]c23)c1. The summed E-state index contributed by atoms with van der Waals surface area (Å²) in [6.07, 6.45) is 4.70. The van der Waals surface area contributed by atoms with Gasteiger partial charge in [-0.15, -0.1) is 0 Å². The Hall–Kier alpha value is -3.62. The lowest BCUT2D eigenvalue weighted by atomic mass is 9.89. The van der Waals surface area contributed by atoms with E-state index >= 15 is 0 Å². The first kappa shape index (κ1) is 19.7. The predicted octanol–water partition coefficient (Wildman–Crippen LogP) is 2.49. The molecule has 3 heterocycles. The van der Waals surface area contributed by atoms with Crippen LogP contribution in [0.15, 0.2) is 36.7 Å². The number of nitrogens with one attached hydrogen (secondary N) is 2. The quantitative estimate of drug-likeness (QED) is 0.572. The van der Waals surface area contributed by atoms with Crippen LogP contribution >= 0.6 is 0 Å². The van der Waals surface area contributed by atoms with E-state index in [1.807, 2.05) is 24.3 Å². The molecule has 156 valence electrons. The van der Waals surface area contributed by atoms with Crippen LogP contribution in [-0.4, -0.2) is 45.6 Å². The summed E-state index contributed by atoms with van der Waals surface area (Å²) in [7, 11) is 1.61. The van der Waals surface area contributed by atoms with Crippen molar-refractivity contribution in [3.8, 4) is 5.75 Å². The summed E-state index contributed by atoms with van der Waals surface area (Å²) in [5.74, 6) is 0.0167. The number of hydrogen-bond acceptors (Lipinski definition) is 6. The number of aromatic nitrogens is 3. The smallest absolute Gasteiger partial charge is 0.314 e. The fourth-order valence-electron chi connectivity index (χ4n) is 3.93. The van der Waals surface area contributed by atoms with E-state index in [0.717, 1.165) is 24.2 Å². The van der Waals surface area contributed by atoms with E-state index < -0.39 is 11.8 Å². The number of benzene rings is 1. The number of fused-ring (bicyclic) bond motifs is 1. The average Bonchev–Trinajstić information content (AvgIpc) is 3.26. The van der Waals surface area contributed by atoms with E-state index in [1.54, 1.807) is 12.0 Å². The van der Waals surface area contributed by atoms with E-state index in [4.69, 9.17) is 10.5 Å². The van der Waals surface area contributed by atoms with Crippen LogP contribution in [0.4, 0.5) is 11.5 Å². The molecule has 30 heavy (non-hydrogen) atoms. The fraction of sp³-hybridized carbons (Fsp3) is 0.333. The van der Waals surface area contributed by atoms with Crippen molar-refractivity contribution in [2.75, 3.05) is 24.7 Å². The number of rotatable bonds is 3. The van der Waals surface area contributed by atoms with Gasteiger partial charge < -0.3 is 20.7 Å². The highest BCUT2D eigenvalue weighted by Gasteiger charge is 2.34. The number of carbonyl (C=O) groups is 2. The van der Waals surface area contributed by atoms with Crippen molar-refractivity contribution in [1.29, 1.82) is 0 Å². The van der Waals surface area contributed by atoms with Gasteiger partial charge in [-0.05, 0) is 36.5 Å². The van der Waals surface area contributed by atoms with Crippen molar-refractivity contribution in [2.24, 2.45) is 5.92 Å². The number of ether oxygens (including phenoxy) is 1. The van der Waals surface area contributed by atoms with Gasteiger partial charge in [0.15, 0.2) is 0 Å². The van der Waals surface area contributed by atoms with Crippen molar-refractivity contribution in [2.45, 2.75) is 25.8 Å². The van der Waals surface area contributed by atoms with E-state index in [-0.39, 0.29) is 6.04 Å². The van der Waals surface area contributed by atoms with Gasteiger partial charge in [-0.2, -0.15) is 5.10 Å². The Morgan fingerprint density at radius 2 is 2.13 bits per heavy atom. The number of methoxy groups -OCH3 is 1. The molecule has 1 saturated heterocycles. The van der Waals surface area contributed by atoms with Crippen molar-refractivity contribution < 1.29 is 14.3 Å². The molecule has 4 N–H and O–H groups in total. The first-order valence-corrected chi connectivity index (χ1v) is 9.81. The molecule has 9 nitrogen and oxygen atoms in total. The van der Waals surface area contributed by atoms with Crippen LogP contribution < -0.4 is 15.8 Å². The zero-order valence-corrected chi connectivity index (χ0v) is 16.9. The number of amides is 2. The highest BCUT2D eigenvalue weighted by Crippen LogP contribution is 2.35. The molecular weight excluding hydrogens is 384 g/mol. The number of hydrogen-bond donors (Lipinski definition) is 3. The summed E-state index contributed by atoms with van der Waals surface area (Å²) in [5, 5.41) is 9.97. The molecule has 9 heteroatoms. The molecule has 2 amide bonds. The maximum atomic E-state index is 13.1. The number of anilines is 2. The molecule has 1 aromatic carbocycles. The Labute approximate surface area is 173 Å². The third kappa shape index (κ3) is 3.66. The monoisotopic (exact) mass is 408 g/mol. The number of pyridine rings is 1. The Morgan fingerprint density at radius 1 is 1.30 bits per heavy atom. The van der Waals surface area contributed by atoms with Crippen LogP contribution in [0.25, 0.3) is 10.9 Å². The molecule has 1 aliphatic rings. The molecule has 1 fully saturated rings. The van der Waals surface area contributed by atoms with Crippen LogP contribution in [0, 0.1) is 5.92 Å². The van der Waals surface area contributed by atoms with Gasteiger partial charge in [0, 0.05) is 6.54 Å². The summed E-state index contributed by atoms with van der Waals surface area (Å²) in [5.41, 5.74) is 7.67. The minimum absolute atomic E-state index is 0.189. The van der Waals surface area contributed by atoms with Crippen LogP contribution in [0.2, 0.25) is 0 Å². The zero-order chi connectivity index (χ0) is 21.3. The first-order chi connectivity index (χ1) is 14.5. The molecule has 0 bridgehead atoms. The van der Waals surface area contributed by atoms with Crippen LogP contribution in [0.1, 0.15) is 31.4 Å². The summed E-state index contributed by atoms with van der Waals surface area (Å²) in [6.45, 7) is 2.59. The number of H-pyrrole nitrogens is 1. The van der Waals surface area contributed by atoms with Gasteiger partial charge in [0.25, 0.3) is 0 Å². The molecule has 3 aromatic rings. The fourth-order valence-corrected chi connectivity index (χ4v) is 3.93. The van der Waals surface area contributed by atoms with E-state index in [1.165, 1.54) is 12.4 Å². The number of carbonyl (C=O) groups excluding carboxylic acids is 2. The van der Waals surface area contributed by atoms with E-state index in [9.17, 15) is 9.59 Å². The van der Waals surface area contributed by atoms with Gasteiger partial charge in [0.05, 0.1) is 42.1 Å². The summed E-state index contributed by atoms with van der Waals surface area (Å²) < 4.78 is 5.32. The van der Waals surface area contributed by atoms with E-state index in [0.29, 0.717) is 34.9 Å². The molecule has 0 saturated carbocycles. The minimum atomic E-state index is -0.723. The normalized spacial score (nSPS) is 18.9. The second kappa shape index (κ2) is 8.02. The van der Waals surface area contributed by atoms with Crippen LogP contribution in [-0.2, 0) is 9.59 Å². The molecule has 0 aliphatic carbocycles. The van der Waals surface area contributed by atoms with Gasteiger partial charge in [-0.1, -0.05) is 19.1 Å². The summed E-state index contributed by atoms with van der Waals surface area (Å²) in [4.78, 5) is 31.7. The zero-order valence-electron chi connectivity index (χ0n) is 16.9. The molecule has 4 rings (SSSR count). The lowest BCUT2D eigenvalue weighted by molar-refractivity contribution is -0.146. The summed E-state index contributed by atoms with van der Waals surface area (Å²) in [6, 6.07) is 7.43. The maximum Gasteiger partial charge on any atom is 0.314 e. The Morgan fingerprint density at radius 3 is 2.93 bits per heavy atom. The molecule has 2 aromatic heterocycles. The maximum absolute atomic E-state index is 13.1. The van der Waals surface area contributed by atoms with Gasteiger partial charge in [0.2, 0.25) is 0 Å². The van der Waals surface area contributed by atoms with Crippen molar-refractivity contribution >= 4 is 34.2 Å². The highest BCUT2D eigenvalue weighted by molar-refractivity contribution is 6.40. The number of likely N-dealkylation sites (tertiary alicyclic amines) is 1. The average molecular weight is 408 g/mol. The standard InChI is InChI=1S/C21H24N6O3/c1-12-6-7-17(13-4-3-5-14(8-13)30-2)27(11-12)21(29)20(28)25-16-10-23-19(22)15-9-24-26-18(15)16/h3-5,8-10,12,17H,6-7,11H2,1-2H3,(H2,22,23)(H,24,26)(H,25,28)/t12-,17+/m0/s1. The Balaban J connectivity index is 1.59. The third-order valence-electron chi connectivity index (χ3n) is 5.52. The number of nitrogen functional groups attached to an aromatic ring is 1. The minimum Gasteiger partial charge on any atom is -0.497 e. The lowest BCUT2D eigenvalue weighted by Gasteiger charge is -2.38. The number of piperidine rings is 1. The largest absolute Gasteiger partial charge is 0.497 e. The van der Waals surface area contributed by atoms with Gasteiger partial charge >= 0.3 is 11.8 Å². The predicted molar refractivity (Wildman–Crippen MR) is 113 cm³/mol. The molecule has 0 unspecified atom stereocenters. The topological polar surface area (TPSA) is 126 Å². The van der Waals surface area contributed by atoms with Crippen molar-refractivity contribution in [1.82, 2.24) is 20.1 Å². The Kier molecular flexibility index (Phi) is 5.26.